The maximum atomic E-state index is 11.9. The van der Waals surface area contributed by atoms with Gasteiger partial charge in [-0.15, -0.1) is 0 Å². The van der Waals surface area contributed by atoms with E-state index in [0.29, 0.717) is 12.0 Å². The molecule has 2 nitrogen and oxygen atoms in total. The minimum atomic E-state index is -0.933. The second kappa shape index (κ2) is 5.22. The van der Waals surface area contributed by atoms with Crippen molar-refractivity contribution >= 4 is 0 Å². The lowest BCUT2D eigenvalue weighted by Gasteiger charge is -2.44. The van der Waals surface area contributed by atoms with Gasteiger partial charge in [-0.2, -0.15) is 0 Å². The van der Waals surface area contributed by atoms with Gasteiger partial charge in [0.15, 0.2) is 0 Å². The molecule has 0 aromatic heterocycles. The van der Waals surface area contributed by atoms with Crippen molar-refractivity contribution in [2.75, 3.05) is 7.05 Å². The molecule has 1 aliphatic heterocycles. The number of likely N-dealkylation sites (N-methyl/N-ethyl adjacent to an activating group) is 1. The number of rotatable bonds is 3. The van der Waals surface area contributed by atoms with Crippen LogP contribution >= 0.6 is 0 Å². The summed E-state index contributed by atoms with van der Waals surface area (Å²) in [6, 6.07) is 21.2. The number of aliphatic hydroxyl groups is 1. The van der Waals surface area contributed by atoms with Gasteiger partial charge in [-0.05, 0) is 43.4 Å². The molecular formula is C20H23NO. The summed E-state index contributed by atoms with van der Waals surface area (Å²) in [7, 11) is 2.19. The van der Waals surface area contributed by atoms with Crippen molar-refractivity contribution < 1.29 is 5.11 Å². The molecule has 2 aromatic carbocycles. The third-order valence-electron chi connectivity index (χ3n) is 5.76. The van der Waals surface area contributed by atoms with E-state index in [1.54, 1.807) is 0 Å². The van der Waals surface area contributed by atoms with Crippen molar-refractivity contribution in [3.05, 3.63) is 71.8 Å². The molecule has 0 radical (unpaired) electrons. The van der Waals surface area contributed by atoms with Crippen molar-refractivity contribution in [1.29, 1.82) is 0 Å². The number of hydrogen-bond donors (Lipinski definition) is 1. The topological polar surface area (TPSA) is 23.5 Å². The second-order valence-corrected chi connectivity index (χ2v) is 6.84. The third kappa shape index (κ3) is 1.94. The Morgan fingerprint density at radius 2 is 1.45 bits per heavy atom. The normalized spacial score (nSPS) is 28.2. The molecule has 1 aliphatic carbocycles. The molecule has 1 N–H and O–H groups in total. The lowest BCUT2D eigenvalue weighted by atomic mass is 9.74. The van der Waals surface area contributed by atoms with Crippen LogP contribution < -0.4 is 0 Å². The first-order valence-corrected chi connectivity index (χ1v) is 8.26. The van der Waals surface area contributed by atoms with Gasteiger partial charge in [-0.25, -0.2) is 0 Å². The molecule has 1 saturated heterocycles. The molecule has 3 atom stereocenters. The minimum absolute atomic E-state index is 0.163. The van der Waals surface area contributed by atoms with E-state index in [1.165, 1.54) is 19.3 Å². The number of hydrogen-bond acceptors (Lipinski definition) is 2. The molecule has 2 aliphatic rings. The van der Waals surface area contributed by atoms with Crippen LogP contribution in [0, 0.1) is 5.92 Å². The predicted molar refractivity (Wildman–Crippen MR) is 88.6 cm³/mol. The number of piperidine rings is 1. The molecule has 0 unspecified atom stereocenters. The van der Waals surface area contributed by atoms with Crippen LogP contribution in [0.1, 0.15) is 30.4 Å². The molecule has 0 amide bonds. The Balaban J connectivity index is 1.86. The highest BCUT2D eigenvalue weighted by molar-refractivity contribution is 5.39. The Bertz CT molecular complexity index is 598. The summed E-state index contributed by atoms with van der Waals surface area (Å²) < 4.78 is 0. The molecule has 1 heterocycles. The van der Waals surface area contributed by atoms with E-state index in [9.17, 15) is 5.11 Å². The zero-order valence-corrected chi connectivity index (χ0v) is 13.0. The molecule has 0 spiro atoms. The molecule has 2 bridgehead atoms. The van der Waals surface area contributed by atoms with Crippen molar-refractivity contribution in [3.8, 4) is 0 Å². The fourth-order valence-electron chi connectivity index (χ4n) is 4.74. The SMILES string of the molecule is CN1[C@@H]2CC[C@@H](C2)[C@H]1C(O)(c1ccccc1)c1ccccc1. The van der Waals surface area contributed by atoms with Crippen molar-refractivity contribution in [2.24, 2.45) is 5.92 Å². The average Bonchev–Trinajstić information content (AvgIpc) is 3.17. The van der Waals surface area contributed by atoms with Gasteiger partial charge in [0.05, 0.1) is 0 Å². The maximum Gasteiger partial charge on any atom is 0.130 e. The van der Waals surface area contributed by atoms with Gasteiger partial charge in [0.25, 0.3) is 0 Å². The highest BCUT2D eigenvalue weighted by Crippen LogP contribution is 2.50. The van der Waals surface area contributed by atoms with Gasteiger partial charge in [-0.3, -0.25) is 4.90 Å². The van der Waals surface area contributed by atoms with Gasteiger partial charge in [0.2, 0.25) is 0 Å². The summed E-state index contributed by atoms with van der Waals surface area (Å²) in [6.45, 7) is 0. The van der Waals surface area contributed by atoms with Crippen LogP contribution in [0.5, 0.6) is 0 Å². The summed E-state index contributed by atoms with van der Waals surface area (Å²) in [5.74, 6) is 0.584. The van der Waals surface area contributed by atoms with Gasteiger partial charge >= 0.3 is 0 Å². The standard InChI is InChI=1S/C20H23NO/c1-21-18-13-12-15(14-18)19(21)20(22,16-8-4-2-5-9-16)17-10-6-3-7-11-17/h2-11,15,18-19,22H,12-14H2,1H3/t15-,18+,19-/m0/s1. The fourth-order valence-corrected chi connectivity index (χ4v) is 4.74. The van der Waals surface area contributed by atoms with Crippen LogP contribution in [0.15, 0.2) is 60.7 Å². The van der Waals surface area contributed by atoms with Gasteiger partial charge in [0, 0.05) is 12.1 Å². The smallest absolute Gasteiger partial charge is 0.130 e. The van der Waals surface area contributed by atoms with E-state index in [1.807, 2.05) is 36.4 Å². The Labute approximate surface area is 132 Å². The second-order valence-electron chi connectivity index (χ2n) is 6.84. The number of benzene rings is 2. The molecule has 4 rings (SSSR count). The minimum Gasteiger partial charge on any atom is -0.379 e. The van der Waals surface area contributed by atoms with E-state index in [2.05, 4.69) is 36.2 Å². The van der Waals surface area contributed by atoms with Gasteiger partial charge < -0.3 is 5.11 Å². The van der Waals surface area contributed by atoms with E-state index in [0.717, 1.165) is 11.1 Å². The number of nitrogens with zero attached hydrogens (tertiary/aromatic N) is 1. The highest BCUT2D eigenvalue weighted by atomic mass is 16.3. The van der Waals surface area contributed by atoms with Crippen molar-refractivity contribution in [1.82, 2.24) is 4.90 Å². The first-order chi connectivity index (χ1) is 10.7. The number of fused-ring (bicyclic) bond motifs is 2. The van der Waals surface area contributed by atoms with E-state index >= 15 is 0 Å². The van der Waals surface area contributed by atoms with Gasteiger partial charge in [0.1, 0.15) is 5.60 Å². The zero-order chi connectivity index (χ0) is 15.2. The highest BCUT2D eigenvalue weighted by Gasteiger charge is 2.54. The molecule has 1 saturated carbocycles. The van der Waals surface area contributed by atoms with Crippen LogP contribution in [-0.4, -0.2) is 29.1 Å². The summed E-state index contributed by atoms with van der Waals surface area (Å²) in [5.41, 5.74) is 1.08. The van der Waals surface area contributed by atoms with Crippen LogP contribution in [0.3, 0.4) is 0 Å². The molecule has 2 aromatic rings. The molecular weight excluding hydrogens is 270 g/mol. The van der Waals surface area contributed by atoms with Crippen LogP contribution in [-0.2, 0) is 5.60 Å². The maximum absolute atomic E-state index is 11.9. The average molecular weight is 293 g/mol. The Kier molecular flexibility index (Phi) is 3.32. The molecule has 2 fully saturated rings. The summed E-state index contributed by atoms with van der Waals surface area (Å²) in [4.78, 5) is 2.42. The summed E-state index contributed by atoms with van der Waals surface area (Å²) in [5, 5.41) is 11.9. The van der Waals surface area contributed by atoms with E-state index < -0.39 is 5.60 Å². The van der Waals surface area contributed by atoms with Crippen molar-refractivity contribution in [3.63, 3.8) is 0 Å². The monoisotopic (exact) mass is 293 g/mol. The van der Waals surface area contributed by atoms with Crippen LogP contribution in [0.4, 0.5) is 0 Å². The first kappa shape index (κ1) is 14.0. The number of likely N-dealkylation sites (tertiary alicyclic amines) is 1. The predicted octanol–water partition coefficient (Wildman–Crippen LogP) is 3.41. The fraction of sp³-hybridized carbons (Fsp3) is 0.400. The molecule has 2 heteroatoms. The quantitative estimate of drug-likeness (QED) is 0.937. The van der Waals surface area contributed by atoms with E-state index in [-0.39, 0.29) is 6.04 Å². The van der Waals surface area contributed by atoms with Gasteiger partial charge in [-0.1, -0.05) is 60.7 Å². The third-order valence-corrected chi connectivity index (χ3v) is 5.76. The lowest BCUT2D eigenvalue weighted by molar-refractivity contribution is -0.0318. The Hall–Kier alpha value is -1.64. The molecule has 114 valence electrons. The van der Waals surface area contributed by atoms with Crippen molar-refractivity contribution in [2.45, 2.75) is 36.9 Å². The van der Waals surface area contributed by atoms with Crippen LogP contribution in [0.2, 0.25) is 0 Å². The zero-order valence-electron chi connectivity index (χ0n) is 13.0. The Morgan fingerprint density at radius 1 is 0.909 bits per heavy atom. The largest absolute Gasteiger partial charge is 0.379 e. The first-order valence-electron chi connectivity index (χ1n) is 8.26. The van der Waals surface area contributed by atoms with Crippen LogP contribution in [0.25, 0.3) is 0 Å². The summed E-state index contributed by atoms with van der Waals surface area (Å²) in [6.07, 6.45) is 3.74. The summed E-state index contributed by atoms with van der Waals surface area (Å²) >= 11 is 0. The molecule has 22 heavy (non-hydrogen) atoms. The Morgan fingerprint density at radius 3 is 1.91 bits per heavy atom. The van der Waals surface area contributed by atoms with E-state index in [4.69, 9.17) is 0 Å². The lowest BCUT2D eigenvalue weighted by Crippen LogP contribution is -2.53.